The lowest BCUT2D eigenvalue weighted by Crippen LogP contribution is -2.35. The zero-order chi connectivity index (χ0) is 26.9. The lowest BCUT2D eigenvalue weighted by molar-refractivity contribution is -0.0541. The predicted octanol–water partition coefficient (Wildman–Crippen LogP) is 5.59. The first-order valence-corrected chi connectivity index (χ1v) is 13.7. The summed E-state index contributed by atoms with van der Waals surface area (Å²) in [6.07, 6.45) is 11.8. The van der Waals surface area contributed by atoms with Crippen LogP contribution >= 0.6 is 11.6 Å². The molecule has 0 bridgehead atoms. The molecular formula is C27H34ClN7O3. The molecule has 11 heteroatoms. The quantitative estimate of drug-likeness (QED) is 0.307. The third-order valence-corrected chi connectivity index (χ3v) is 8.23. The van der Waals surface area contributed by atoms with Crippen LogP contribution in [0.15, 0.2) is 18.5 Å². The monoisotopic (exact) mass is 539 g/mol. The van der Waals surface area contributed by atoms with E-state index in [9.17, 15) is 4.79 Å². The van der Waals surface area contributed by atoms with Gasteiger partial charge in [0.15, 0.2) is 5.65 Å². The number of carbonyl (C=O) groups is 1. The van der Waals surface area contributed by atoms with Gasteiger partial charge in [0.25, 0.3) is 5.90 Å². The molecule has 3 aromatic heterocycles. The molecule has 0 aromatic carbocycles. The van der Waals surface area contributed by atoms with Gasteiger partial charge in [0.05, 0.1) is 5.02 Å². The van der Waals surface area contributed by atoms with Gasteiger partial charge in [0.1, 0.15) is 22.6 Å². The number of nitrogens with two attached hydrogens (primary N) is 1. The van der Waals surface area contributed by atoms with E-state index >= 15 is 0 Å². The smallest absolute Gasteiger partial charge is 0.388 e. The Hall–Kier alpha value is -3.11. The molecule has 3 heterocycles. The largest absolute Gasteiger partial charge is 0.411 e. The average molecular weight is 540 g/mol. The topological polar surface area (TPSA) is 142 Å². The molecule has 3 N–H and O–H groups in total. The number of amides is 1. The van der Waals surface area contributed by atoms with E-state index in [1.54, 1.807) is 25.6 Å². The molecule has 0 radical (unpaired) electrons. The Morgan fingerprint density at radius 2 is 1.89 bits per heavy atom. The number of pyridine rings is 1. The number of nitrogens with zero attached hydrogens (tertiary/aromatic N) is 5. The number of imidazole rings is 1. The lowest BCUT2D eigenvalue weighted by atomic mass is 9.82. The normalized spacial score (nSPS) is 21.3. The van der Waals surface area contributed by atoms with Crippen molar-refractivity contribution in [2.75, 3.05) is 7.11 Å². The second-order valence-electron chi connectivity index (χ2n) is 10.6. The van der Waals surface area contributed by atoms with Crippen LogP contribution in [0.4, 0.5) is 4.79 Å². The highest BCUT2D eigenvalue weighted by Gasteiger charge is 2.40. The zero-order valence-corrected chi connectivity index (χ0v) is 22.6. The van der Waals surface area contributed by atoms with Crippen LogP contribution in [0.2, 0.25) is 5.02 Å². The second kappa shape index (κ2) is 10.9. The van der Waals surface area contributed by atoms with E-state index < -0.39 is 17.6 Å². The zero-order valence-electron chi connectivity index (χ0n) is 21.9. The van der Waals surface area contributed by atoms with Crippen molar-refractivity contribution in [3.05, 3.63) is 35.1 Å². The number of halogens is 1. The second-order valence-corrected chi connectivity index (χ2v) is 11.1. The molecule has 0 aliphatic heterocycles. The molecule has 2 fully saturated rings. The molecule has 202 valence electrons. The van der Waals surface area contributed by atoms with Crippen molar-refractivity contribution in [3.63, 3.8) is 0 Å². The number of methoxy groups -OCH3 is 1. The van der Waals surface area contributed by atoms with E-state index in [2.05, 4.69) is 26.4 Å². The van der Waals surface area contributed by atoms with Crippen LogP contribution in [-0.2, 0) is 21.6 Å². The van der Waals surface area contributed by atoms with Gasteiger partial charge >= 0.3 is 6.09 Å². The van der Waals surface area contributed by atoms with Crippen LogP contribution in [-0.4, -0.2) is 43.6 Å². The Morgan fingerprint density at radius 1 is 1.16 bits per heavy atom. The van der Waals surface area contributed by atoms with E-state index in [1.165, 1.54) is 12.8 Å². The van der Waals surface area contributed by atoms with Crippen molar-refractivity contribution in [3.8, 4) is 11.3 Å². The Balaban J connectivity index is 1.75. The van der Waals surface area contributed by atoms with Crippen LogP contribution in [0.3, 0.4) is 0 Å². The highest BCUT2D eigenvalue weighted by molar-refractivity contribution is 6.30. The van der Waals surface area contributed by atoms with Crippen molar-refractivity contribution in [2.45, 2.75) is 76.9 Å². The number of fused-ring (bicyclic) bond motifs is 1. The van der Waals surface area contributed by atoms with Crippen LogP contribution in [0.5, 0.6) is 0 Å². The third-order valence-electron chi connectivity index (χ3n) is 8.02. The summed E-state index contributed by atoms with van der Waals surface area (Å²) in [6.45, 7) is 3.08. The summed E-state index contributed by atoms with van der Waals surface area (Å²) >= 11 is 6.32. The van der Waals surface area contributed by atoms with E-state index in [4.69, 9.17) is 37.2 Å². The van der Waals surface area contributed by atoms with Crippen LogP contribution in [0.1, 0.15) is 76.4 Å². The first-order chi connectivity index (χ1) is 18.3. The van der Waals surface area contributed by atoms with Gasteiger partial charge in [-0.3, -0.25) is 10.4 Å². The maximum Gasteiger partial charge on any atom is 0.411 e. The van der Waals surface area contributed by atoms with Crippen molar-refractivity contribution in [2.24, 2.45) is 17.6 Å². The minimum atomic E-state index is -1.11. The van der Waals surface area contributed by atoms with Gasteiger partial charge in [-0.2, -0.15) is 0 Å². The number of primary amides is 1. The van der Waals surface area contributed by atoms with Crippen LogP contribution < -0.4 is 5.73 Å². The Morgan fingerprint density at radius 3 is 2.55 bits per heavy atom. The number of carbonyl (C=O) groups excluding carboxylic acids is 1. The molecule has 3 aromatic rings. The molecule has 1 amide bonds. The molecule has 0 spiro atoms. The first-order valence-electron chi connectivity index (χ1n) is 13.3. The summed E-state index contributed by atoms with van der Waals surface area (Å²) in [5.74, 6) is 1.42. The summed E-state index contributed by atoms with van der Waals surface area (Å²) in [5, 5.41) is 8.69. The fourth-order valence-corrected chi connectivity index (χ4v) is 6.14. The molecule has 2 aliphatic carbocycles. The van der Waals surface area contributed by atoms with E-state index in [0.717, 1.165) is 68.7 Å². The van der Waals surface area contributed by atoms with Gasteiger partial charge < -0.3 is 19.8 Å². The Bertz CT molecular complexity index is 1340. The van der Waals surface area contributed by atoms with Gasteiger partial charge in [-0.25, -0.2) is 19.7 Å². The van der Waals surface area contributed by atoms with Gasteiger partial charge in [0.2, 0.25) is 5.82 Å². The summed E-state index contributed by atoms with van der Waals surface area (Å²) in [4.78, 5) is 29.9. The molecule has 2 saturated carbocycles. The summed E-state index contributed by atoms with van der Waals surface area (Å²) in [5.41, 5.74) is 6.94. The van der Waals surface area contributed by atoms with Crippen molar-refractivity contribution in [1.82, 2.24) is 24.5 Å². The number of hydrogen-bond donors (Lipinski definition) is 2. The summed E-state index contributed by atoms with van der Waals surface area (Å²) < 4.78 is 13.3. The highest BCUT2D eigenvalue weighted by atomic mass is 35.5. The van der Waals surface area contributed by atoms with E-state index in [1.807, 2.05) is 0 Å². The minimum Gasteiger partial charge on any atom is -0.388 e. The summed E-state index contributed by atoms with van der Waals surface area (Å²) in [6, 6.07) is 1.77. The number of ether oxygens (including phenoxy) is 2. The SMILES string of the molecule is COC1(c2nc3nc(C(=N)OC(N)=O)nc(-c4cncc(Cl)c4)c3n2C[C@H]2CC[C@H](C)CC2)CCCCC1. The van der Waals surface area contributed by atoms with Gasteiger partial charge in [-0.1, -0.05) is 50.6 Å². The molecule has 0 unspecified atom stereocenters. The fourth-order valence-electron chi connectivity index (χ4n) is 5.96. The first kappa shape index (κ1) is 26.5. The maximum atomic E-state index is 11.4. The van der Waals surface area contributed by atoms with E-state index in [-0.39, 0.29) is 5.82 Å². The molecular weight excluding hydrogens is 506 g/mol. The fraction of sp³-hybridized carbons (Fsp3) is 0.556. The van der Waals surface area contributed by atoms with Crippen LogP contribution in [0.25, 0.3) is 22.4 Å². The summed E-state index contributed by atoms with van der Waals surface area (Å²) in [7, 11) is 1.76. The van der Waals surface area contributed by atoms with E-state index in [0.29, 0.717) is 27.8 Å². The molecule has 38 heavy (non-hydrogen) atoms. The van der Waals surface area contributed by atoms with Gasteiger partial charge in [-0.15, -0.1) is 0 Å². The maximum absolute atomic E-state index is 11.4. The van der Waals surface area contributed by atoms with Gasteiger partial charge in [0, 0.05) is 31.6 Å². The van der Waals surface area contributed by atoms with Crippen molar-refractivity contribution < 1.29 is 14.3 Å². The third kappa shape index (κ3) is 5.24. The number of nitrogens with one attached hydrogen (secondary N) is 1. The molecule has 5 rings (SSSR count). The number of aromatic nitrogens is 5. The van der Waals surface area contributed by atoms with Gasteiger partial charge in [-0.05, 0) is 43.6 Å². The molecule has 2 aliphatic rings. The van der Waals surface area contributed by atoms with Crippen molar-refractivity contribution in [1.29, 1.82) is 5.41 Å². The number of rotatable bonds is 6. The predicted molar refractivity (Wildman–Crippen MR) is 144 cm³/mol. The Kier molecular flexibility index (Phi) is 7.63. The molecule has 10 nitrogen and oxygen atoms in total. The lowest BCUT2D eigenvalue weighted by Gasteiger charge is -2.36. The standard InChI is InChI=1S/C27H34ClN7O3/c1-16-6-8-17(9-7-16)15-35-21-20(18-12-19(28)14-31-13-18)32-24(22(29)38-26(30)36)33-23(21)34-25(35)27(37-2)10-4-3-5-11-27/h12-14,16-17,29H,3-11,15H2,1-2H3,(H2,30,36)/t16-,17-. The highest BCUT2D eigenvalue weighted by Crippen LogP contribution is 2.43. The number of hydrogen-bond acceptors (Lipinski definition) is 8. The van der Waals surface area contributed by atoms with Crippen LogP contribution in [0, 0.1) is 17.2 Å². The average Bonchev–Trinajstić information content (AvgIpc) is 3.28. The molecule has 0 saturated heterocycles. The minimum absolute atomic E-state index is 0.0934. The Labute approximate surface area is 226 Å². The molecule has 0 atom stereocenters. The van der Waals surface area contributed by atoms with Crippen molar-refractivity contribution >= 4 is 34.8 Å².